The van der Waals surface area contributed by atoms with Crippen molar-refractivity contribution in [1.82, 2.24) is 4.98 Å². The van der Waals surface area contributed by atoms with Crippen LogP contribution in [0.15, 0.2) is 94.1 Å². The normalized spacial score (nSPS) is 17.1. The van der Waals surface area contributed by atoms with Gasteiger partial charge in [-0.1, -0.05) is 64.9 Å². The van der Waals surface area contributed by atoms with E-state index in [1.165, 1.54) is 16.2 Å². The molecule has 2 aliphatic heterocycles. The highest BCUT2D eigenvalue weighted by Crippen LogP contribution is 2.55. The lowest BCUT2D eigenvalue weighted by atomic mass is 9.84. The first kappa shape index (κ1) is 27.6. The number of hydrogen-bond donors (Lipinski definition) is 0. The van der Waals surface area contributed by atoms with Gasteiger partial charge >= 0.3 is 0 Å². The van der Waals surface area contributed by atoms with Crippen LogP contribution >= 0.6 is 22.9 Å². The van der Waals surface area contributed by atoms with Crippen molar-refractivity contribution in [1.29, 1.82) is 0 Å². The smallest absolute Gasteiger partial charge is 0.297 e. The highest BCUT2D eigenvalue weighted by atomic mass is 35.5. The van der Waals surface area contributed by atoms with E-state index in [1.54, 1.807) is 41.3 Å². The number of thiazole rings is 1. The van der Waals surface area contributed by atoms with E-state index in [1.807, 2.05) is 62.4 Å². The molecule has 45 heavy (non-hydrogen) atoms. The molecule has 4 aromatic carbocycles. The summed E-state index contributed by atoms with van der Waals surface area (Å²) in [4.78, 5) is 52.1. The predicted molar refractivity (Wildman–Crippen MR) is 175 cm³/mol. The van der Waals surface area contributed by atoms with Crippen molar-refractivity contribution in [3.05, 3.63) is 128 Å². The van der Waals surface area contributed by atoms with Gasteiger partial charge in [-0.15, -0.1) is 0 Å². The van der Waals surface area contributed by atoms with Gasteiger partial charge in [-0.2, -0.15) is 0 Å². The number of carbonyl (C=O) groups excluding carboxylic acids is 2. The third-order valence-electron chi connectivity index (χ3n) is 8.38. The first-order valence-electron chi connectivity index (χ1n) is 14.4. The first-order valence-corrected chi connectivity index (χ1v) is 15.6. The van der Waals surface area contributed by atoms with Crippen LogP contribution in [-0.2, 0) is 16.9 Å². The fourth-order valence-corrected chi connectivity index (χ4v) is 7.62. The Balaban J connectivity index is 1.42. The Morgan fingerprint density at radius 2 is 1.78 bits per heavy atom. The van der Waals surface area contributed by atoms with Gasteiger partial charge in [0.25, 0.3) is 11.8 Å². The number of carbonyl (C=O) groups is 2. The molecule has 6 aromatic rings. The fraction of sp³-hybridized carbons (Fsp3) is 0.143. The molecule has 10 heteroatoms. The molecule has 0 radical (unpaired) electrons. The van der Waals surface area contributed by atoms with Crippen LogP contribution < -0.4 is 20.0 Å². The molecule has 222 valence electrons. The lowest BCUT2D eigenvalue weighted by molar-refractivity contribution is -0.121. The molecule has 1 spiro atoms. The molecular weight excluding hydrogens is 610 g/mol. The largest absolute Gasteiger partial charge is 0.494 e. The number of para-hydroxylation sites is 1. The van der Waals surface area contributed by atoms with Crippen molar-refractivity contribution >= 4 is 66.8 Å². The molecule has 0 saturated carbocycles. The van der Waals surface area contributed by atoms with Crippen LogP contribution in [0.5, 0.6) is 5.75 Å². The summed E-state index contributed by atoms with van der Waals surface area (Å²) < 4.78 is 12.7. The van der Waals surface area contributed by atoms with Gasteiger partial charge in [0.15, 0.2) is 16.1 Å². The number of aromatic nitrogens is 1. The minimum atomic E-state index is -1.84. The fourth-order valence-electron chi connectivity index (χ4n) is 6.45. The number of anilines is 2. The van der Waals surface area contributed by atoms with E-state index in [2.05, 4.69) is 0 Å². The van der Waals surface area contributed by atoms with Gasteiger partial charge in [0.1, 0.15) is 11.3 Å². The Hall–Kier alpha value is -4.99. The van der Waals surface area contributed by atoms with Crippen molar-refractivity contribution in [2.24, 2.45) is 0 Å². The third-order valence-corrected chi connectivity index (χ3v) is 9.64. The predicted octanol–water partition coefficient (Wildman–Crippen LogP) is 7.21. The van der Waals surface area contributed by atoms with E-state index >= 15 is 4.79 Å². The van der Waals surface area contributed by atoms with Crippen molar-refractivity contribution in [3.8, 4) is 5.75 Å². The standard InChI is InChI=1S/C35H24ClN3O5S/c1-3-43-22-13-14-25-28(17-22)45-34(37-25)39-32(41)31-29(30(40)23-16-19(2)8-15-27(23)44-31)35(39)24-6-4-5-7-26(24)38(33(35)42)18-20-9-11-21(36)12-10-20/h4-17H,3,18H2,1-2H3. The second-order valence-electron chi connectivity index (χ2n) is 11.1. The number of amides is 2. The van der Waals surface area contributed by atoms with Crippen molar-refractivity contribution < 1.29 is 18.7 Å². The number of nitrogens with zero attached hydrogens (tertiary/aromatic N) is 3. The zero-order valence-electron chi connectivity index (χ0n) is 24.2. The maximum atomic E-state index is 15.1. The van der Waals surface area contributed by atoms with E-state index in [-0.39, 0.29) is 28.6 Å². The molecule has 0 N–H and O–H groups in total. The van der Waals surface area contributed by atoms with Gasteiger partial charge in [-0.25, -0.2) is 4.98 Å². The number of benzene rings is 4. The summed E-state index contributed by atoms with van der Waals surface area (Å²) in [5, 5.41) is 1.15. The average Bonchev–Trinajstić information content (AvgIpc) is 3.64. The maximum absolute atomic E-state index is 15.1. The Morgan fingerprint density at radius 3 is 2.58 bits per heavy atom. The highest BCUT2D eigenvalue weighted by molar-refractivity contribution is 7.22. The van der Waals surface area contributed by atoms with Crippen LogP contribution in [0.3, 0.4) is 0 Å². The van der Waals surface area contributed by atoms with E-state index in [4.69, 9.17) is 25.7 Å². The molecule has 2 aromatic heterocycles. The molecule has 1 unspecified atom stereocenters. The van der Waals surface area contributed by atoms with E-state index in [0.717, 1.165) is 15.8 Å². The Labute approximate surface area is 266 Å². The molecular formula is C35H24ClN3O5S. The quantitative estimate of drug-likeness (QED) is 0.199. The molecule has 2 aliphatic rings. The summed E-state index contributed by atoms with van der Waals surface area (Å²) in [7, 11) is 0. The molecule has 8 nitrogen and oxygen atoms in total. The molecule has 0 fully saturated rings. The summed E-state index contributed by atoms with van der Waals surface area (Å²) in [5.74, 6) is -0.549. The highest BCUT2D eigenvalue weighted by Gasteiger charge is 2.66. The molecule has 0 bridgehead atoms. The number of fused-ring (bicyclic) bond motifs is 6. The summed E-state index contributed by atoms with van der Waals surface area (Å²) in [6.45, 7) is 4.47. The third kappa shape index (κ3) is 3.90. The number of rotatable bonds is 5. The van der Waals surface area contributed by atoms with Gasteiger partial charge in [0, 0.05) is 10.6 Å². The second-order valence-corrected chi connectivity index (χ2v) is 12.5. The van der Waals surface area contributed by atoms with Gasteiger partial charge in [-0.05, 0) is 67.9 Å². The Morgan fingerprint density at radius 1 is 0.978 bits per heavy atom. The van der Waals surface area contributed by atoms with Crippen LogP contribution in [0.4, 0.5) is 10.8 Å². The van der Waals surface area contributed by atoms with Gasteiger partial charge in [0.2, 0.25) is 5.76 Å². The zero-order valence-corrected chi connectivity index (χ0v) is 25.7. The molecule has 8 rings (SSSR count). The lowest BCUT2D eigenvalue weighted by Crippen LogP contribution is -2.53. The van der Waals surface area contributed by atoms with Gasteiger partial charge in [-0.3, -0.25) is 19.3 Å². The molecule has 0 aliphatic carbocycles. The van der Waals surface area contributed by atoms with Crippen LogP contribution in [0.1, 0.15) is 39.7 Å². The number of ether oxygens (including phenoxy) is 1. The second kappa shape index (κ2) is 10.0. The van der Waals surface area contributed by atoms with Crippen LogP contribution in [0.2, 0.25) is 5.02 Å². The van der Waals surface area contributed by atoms with Crippen molar-refractivity contribution in [2.75, 3.05) is 16.4 Å². The van der Waals surface area contributed by atoms with Gasteiger partial charge in [0.05, 0.1) is 40.0 Å². The maximum Gasteiger partial charge on any atom is 0.297 e. The topological polar surface area (TPSA) is 93.0 Å². The monoisotopic (exact) mass is 633 g/mol. The lowest BCUT2D eigenvalue weighted by Gasteiger charge is -2.32. The minimum absolute atomic E-state index is 0.00378. The van der Waals surface area contributed by atoms with Crippen molar-refractivity contribution in [3.63, 3.8) is 0 Å². The number of aryl methyl sites for hydroxylation is 1. The molecule has 1 atom stereocenters. The SMILES string of the molecule is CCOc1ccc2nc(N3C(=O)c4oc5ccc(C)cc5c(=O)c4C34C(=O)N(Cc3ccc(Cl)cc3)c3ccccc34)sc2c1. The summed E-state index contributed by atoms with van der Waals surface area (Å²) in [6, 6.07) is 25.2. The Bertz CT molecular complexity index is 2280. The average molecular weight is 634 g/mol. The van der Waals surface area contributed by atoms with Crippen LogP contribution in [-0.4, -0.2) is 23.4 Å². The van der Waals surface area contributed by atoms with E-state index in [0.29, 0.717) is 39.5 Å². The number of hydrogen-bond acceptors (Lipinski definition) is 7. The summed E-state index contributed by atoms with van der Waals surface area (Å²) in [5.41, 5.74) is 1.41. The zero-order chi connectivity index (χ0) is 31.0. The van der Waals surface area contributed by atoms with Gasteiger partial charge < -0.3 is 14.1 Å². The number of halogens is 1. The molecule has 4 heterocycles. The summed E-state index contributed by atoms with van der Waals surface area (Å²) >= 11 is 7.40. The molecule has 2 amide bonds. The summed E-state index contributed by atoms with van der Waals surface area (Å²) in [6.07, 6.45) is 0. The first-order chi connectivity index (χ1) is 21.8. The van der Waals surface area contributed by atoms with E-state index in [9.17, 15) is 9.59 Å². The Kier molecular flexibility index (Phi) is 6.13. The van der Waals surface area contributed by atoms with Crippen molar-refractivity contribution in [2.45, 2.75) is 25.9 Å². The molecule has 0 saturated heterocycles. The van der Waals surface area contributed by atoms with E-state index < -0.39 is 22.8 Å². The van der Waals surface area contributed by atoms with Crippen LogP contribution in [0, 0.1) is 6.92 Å². The minimum Gasteiger partial charge on any atom is -0.494 e. The van der Waals surface area contributed by atoms with Crippen LogP contribution in [0.25, 0.3) is 21.2 Å².